The lowest BCUT2D eigenvalue weighted by Crippen LogP contribution is -2.34. The second-order valence-corrected chi connectivity index (χ2v) is 6.76. The monoisotopic (exact) mass is 367 g/mol. The molecule has 1 aromatic carbocycles. The van der Waals surface area contributed by atoms with Crippen molar-refractivity contribution in [3.63, 3.8) is 0 Å². The Morgan fingerprint density at radius 1 is 1.15 bits per heavy atom. The van der Waals surface area contributed by atoms with Crippen molar-refractivity contribution in [2.45, 2.75) is 19.4 Å². The molecule has 1 fully saturated rings. The molecule has 0 spiro atoms. The summed E-state index contributed by atoms with van der Waals surface area (Å²) in [6, 6.07) is 9.55. The molecule has 140 valence electrons. The van der Waals surface area contributed by atoms with Crippen molar-refractivity contribution in [1.29, 1.82) is 0 Å². The highest BCUT2D eigenvalue weighted by atomic mass is 16.7. The maximum absolute atomic E-state index is 12.4. The Kier molecular flexibility index (Phi) is 4.91. The molecule has 2 aliphatic rings. The average Bonchev–Trinajstić information content (AvgIpc) is 3.29. The number of benzene rings is 1. The van der Waals surface area contributed by atoms with Crippen LogP contribution in [0.15, 0.2) is 42.7 Å². The summed E-state index contributed by atoms with van der Waals surface area (Å²) in [7, 11) is 0. The van der Waals surface area contributed by atoms with E-state index in [9.17, 15) is 9.59 Å². The van der Waals surface area contributed by atoms with Gasteiger partial charge in [0.1, 0.15) is 0 Å². The maximum Gasteiger partial charge on any atom is 0.231 e. The third kappa shape index (κ3) is 4.02. The normalized spacial score (nSPS) is 18.0. The van der Waals surface area contributed by atoms with E-state index in [0.29, 0.717) is 26.1 Å². The number of rotatable bonds is 6. The van der Waals surface area contributed by atoms with Crippen molar-refractivity contribution in [2.75, 3.05) is 19.9 Å². The third-order valence-corrected chi connectivity index (χ3v) is 4.86. The number of pyridine rings is 1. The Hall–Kier alpha value is -3.09. The van der Waals surface area contributed by atoms with E-state index in [1.54, 1.807) is 17.3 Å². The standard InChI is InChI=1S/C20H21N3O4/c24-19-10-16(12-23(19)11-15-3-6-21-7-4-15)20(25)22-8-5-14-1-2-17-18(9-14)27-13-26-17/h1-4,6-7,9,16H,5,8,10-13H2,(H,22,25)/t16-/m0/s1. The van der Waals surface area contributed by atoms with E-state index in [-0.39, 0.29) is 30.9 Å². The fraction of sp³-hybridized carbons (Fsp3) is 0.350. The fourth-order valence-electron chi connectivity index (χ4n) is 3.38. The zero-order valence-electron chi connectivity index (χ0n) is 14.9. The molecule has 1 N–H and O–H groups in total. The number of amides is 2. The first-order valence-corrected chi connectivity index (χ1v) is 9.02. The van der Waals surface area contributed by atoms with Crippen LogP contribution in [0.2, 0.25) is 0 Å². The van der Waals surface area contributed by atoms with Gasteiger partial charge in [-0.05, 0) is 41.8 Å². The lowest BCUT2D eigenvalue weighted by molar-refractivity contribution is -0.129. The van der Waals surface area contributed by atoms with Crippen molar-refractivity contribution < 1.29 is 19.1 Å². The van der Waals surface area contributed by atoms with Crippen LogP contribution in [-0.4, -0.2) is 41.6 Å². The number of carbonyl (C=O) groups excluding carboxylic acids is 2. The van der Waals surface area contributed by atoms with Crippen molar-refractivity contribution >= 4 is 11.8 Å². The summed E-state index contributed by atoms with van der Waals surface area (Å²) in [5.74, 6) is 1.15. The molecule has 0 saturated carbocycles. The number of aromatic nitrogens is 1. The summed E-state index contributed by atoms with van der Waals surface area (Å²) in [5, 5.41) is 2.95. The van der Waals surface area contributed by atoms with E-state index in [2.05, 4.69) is 10.3 Å². The summed E-state index contributed by atoms with van der Waals surface area (Å²) in [6.07, 6.45) is 4.37. The van der Waals surface area contributed by atoms with Gasteiger partial charge in [0.05, 0.1) is 5.92 Å². The van der Waals surface area contributed by atoms with Gasteiger partial charge in [0.15, 0.2) is 11.5 Å². The molecule has 1 saturated heterocycles. The summed E-state index contributed by atoms with van der Waals surface area (Å²) < 4.78 is 10.7. The van der Waals surface area contributed by atoms with Crippen molar-refractivity contribution in [2.24, 2.45) is 5.92 Å². The smallest absolute Gasteiger partial charge is 0.231 e. The number of hydrogen-bond donors (Lipinski definition) is 1. The molecule has 27 heavy (non-hydrogen) atoms. The molecule has 0 radical (unpaired) electrons. The van der Waals surface area contributed by atoms with Crippen molar-refractivity contribution in [3.05, 3.63) is 53.9 Å². The third-order valence-electron chi connectivity index (χ3n) is 4.86. The van der Waals surface area contributed by atoms with Crippen molar-refractivity contribution in [1.82, 2.24) is 15.2 Å². The zero-order valence-corrected chi connectivity index (χ0v) is 14.9. The SMILES string of the molecule is O=C(NCCc1ccc2c(c1)OCO2)[C@H]1CC(=O)N(Cc2ccncc2)C1. The zero-order chi connectivity index (χ0) is 18.6. The highest BCUT2D eigenvalue weighted by Gasteiger charge is 2.34. The highest BCUT2D eigenvalue weighted by Crippen LogP contribution is 2.32. The van der Waals surface area contributed by atoms with Crippen LogP contribution in [0.25, 0.3) is 0 Å². The van der Waals surface area contributed by atoms with Gasteiger partial charge in [0, 0.05) is 38.4 Å². The van der Waals surface area contributed by atoms with Gasteiger partial charge in [-0.3, -0.25) is 14.6 Å². The summed E-state index contributed by atoms with van der Waals surface area (Å²) >= 11 is 0. The van der Waals surface area contributed by atoms with Crippen LogP contribution in [0.4, 0.5) is 0 Å². The van der Waals surface area contributed by atoms with E-state index < -0.39 is 0 Å². The van der Waals surface area contributed by atoms with Crippen LogP contribution in [0, 0.1) is 5.92 Å². The van der Waals surface area contributed by atoms with Gasteiger partial charge in [0.25, 0.3) is 0 Å². The van der Waals surface area contributed by atoms with Gasteiger partial charge in [-0.25, -0.2) is 0 Å². The molecular formula is C20H21N3O4. The number of likely N-dealkylation sites (tertiary alicyclic amines) is 1. The number of fused-ring (bicyclic) bond motifs is 1. The van der Waals surface area contributed by atoms with Crippen LogP contribution in [-0.2, 0) is 22.6 Å². The van der Waals surface area contributed by atoms with Crippen LogP contribution in [0.5, 0.6) is 11.5 Å². The van der Waals surface area contributed by atoms with Crippen LogP contribution in [0.3, 0.4) is 0 Å². The maximum atomic E-state index is 12.4. The van der Waals surface area contributed by atoms with Crippen LogP contribution >= 0.6 is 0 Å². The van der Waals surface area contributed by atoms with Gasteiger partial charge in [-0.15, -0.1) is 0 Å². The molecule has 2 amide bonds. The quantitative estimate of drug-likeness (QED) is 0.837. The fourth-order valence-corrected chi connectivity index (χ4v) is 3.38. The van der Waals surface area contributed by atoms with Crippen LogP contribution in [0.1, 0.15) is 17.5 Å². The van der Waals surface area contributed by atoms with Gasteiger partial charge < -0.3 is 19.7 Å². The predicted molar refractivity (Wildman–Crippen MR) is 97.0 cm³/mol. The molecule has 7 heteroatoms. The minimum absolute atomic E-state index is 0.0164. The molecule has 7 nitrogen and oxygen atoms in total. The Morgan fingerprint density at radius 3 is 2.81 bits per heavy atom. The summed E-state index contributed by atoms with van der Waals surface area (Å²) in [5.41, 5.74) is 2.09. The van der Waals surface area contributed by atoms with Gasteiger partial charge in [-0.1, -0.05) is 6.07 Å². The summed E-state index contributed by atoms with van der Waals surface area (Å²) in [6.45, 7) is 1.74. The second-order valence-electron chi connectivity index (χ2n) is 6.76. The first kappa shape index (κ1) is 17.3. The van der Waals surface area contributed by atoms with Crippen molar-refractivity contribution in [3.8, 4) is 11.5 Å². The Labute approximate surface area is 157 Å². The van der Waals surface area contributed by atoms with Gasteiger partial charge in [-0.2, -0.15) is 0 Å². The first-order valence-electron chi connectivity index (χ1n) is 9.02. The molecule has 0 unspecified atom stereocenters. The number of carbonyl (C=O) groups is 2. The molecule has 1 aromatic heterocycles. The Morgan fingerprint density at radius 2 is 1.96 bits per heavy atom. The molecular weight excluding hydrogens is 346 g/mol. The number of nitrogens with one attached hydrogen (secondary N) is 1. The van der Waals surface area contributed by atoms with Gasteiger partial charge in [0.2, 0.25) is 18.6 Å². The topological polar surface area (TPSA) is 80.8 Å². The molecule has 0 aliphatic carbocycles. The van der Waals surface area contributed by atoms with E-state index in [0.717, 1.165) is 22.6 Å². The Balaban J connectivity index is 1.26. The first-order chi connectivity index (χ1) is 13.2. The largest absolute Gasteiger partial charge is 0.454 e. The molecule has 2 aliphatic heterocycles. The molecule has 1 atom stereocenters. The predicted octanol–water partition coefficient (Wildman–Crippen LogP) is 1.52. The number of ether oxygens (including phenoxy) is 2. The minimum Gasteiger partial charge on any atom is -0.454 e. The van der Waals surface area contributed by atoms with E-state index in [1.165, 1.54) is 0 Å². The lowest BCUT2D eigenvalue weighted by atomic mass is 10.1. The number of nitrogens with zero attached hydrogens (tertiary/aromatic N) is 2. The molecule has 0 bridgehead atoms. The Bertz CT molecular complexity index is 840. The second kappa shape index (κ2) is 7.65. The average molecular weight is 367 g/mol. The molecule has 3 heterocycles. The van der Waals surface area contributed by atoms with E-state index >= 15 is 0 Å². The highest BCUT2D eigenvalue weighted by molar-refractivity contribution is 5.89. The number of hydrogen-bond acceptors (Lipinski definition) is 5. The lowest BCUT2D eigenvalue weighted by Gasteiger charge is -2.16. The summed E-state index contributed by atoms with van der Waals surface area (Å²) in [4.78, 5) is 30.3. The van der Waals surface area contributed by atoms with E-state index in [4.69, 9.17) is 9.47 Å². The van der Waals surface area contributed by atoms with Gasteiger partial charge >= 0.3 is 0 Å². The van der Waals surface area contributed by atoms with E-state index in [1.807, 2.05) is 30.3 Å². The molecule has 4 rings (SSSR count). The molecule has 2 aromatic rings. The minimum atomic E-state index is -0.295. The van der Waals surface area contributed by atoms with Crippen LogP contribution < -0.4 is 14.8 Å².